The second-order valence-corrected chi connectivity index (χ2v) is 7.15. The first-order valence-corrected chi connectivity index (χ1v) is 9.08. The smallest absolute Gasteiger partial charge is 0.221 e. The molecular weight excluding hydrogens is 302 g/mol. The number of aliphatic hydroxyl groups is 1. The number of aliphatic hydroxyl groups excluding tert-OH is 1. The summed E-state index contributed by atoms with van der Waals surface area (Å²) < 4.78 is 0. The van der Waals surface area contributed by atoms with Gasteiger partial charge in [0.25, 0.3) is 0 Å². The Hall–Kier alpha value is -1.43. The summed E-state index contributed by atoms with van der Waals surface area (Å²) >= 11 is 0. The van der Waals surface area contributed by atoms with Crippen molar-refractivity contribution in [2.75, 3.05) is 32.7 Å². The van der Waals surface area contributed by atoms with Crippen LogP contribution in [0.4, 0.5) is 0 Å². The first-order valence-electron chi connectivity index (χ1n) is 9.08. The van der Waals surface area contributed by atoms with Crippen LogP contribution in [0, 0.1) is 6.92 Å². The van der Waals surface area contributed by atoms with Crippen LogP contribution in [0.25, 0.3) is 0 Å². The maximum atomic E-state index is 12.0. The van der Waals surface area contributed by atoms with Crippen molar-refractivity contribution >= 4 is 5.91 Å². The molecule has 2 fully saturated rings. The fourth-order valence-electron chi connectivity index (χ4n) is 3.72. The summed E-state index contributed by atoms with van der Waals surface area (Å²) in [6.45, 7) is 7.14. The van der Waals surface area contributed by atoms with E-state index in [1.807, 2.05) is 12.1 Å². The van der Waals surface area contributed by atoms with Crippen LogP contribution in [0.5, 0.6) is 0 Å². The molecular formula is C19H29N3O2. The normalized spacial score (nSPS) is 25.2. The van der Waals surface area contributed by atoms with Gasteiger partial charge in [-0.15, -0.1) is 0 Å². The Balaban J connectivity index is 1.37. The summed E-state index contributed by atoms with van der Waals surface area (Å²) in [7, 11) is 0. The van der Waals surface area contributed by atoms with Crippen LogP contribution in [-0.4, -0.2) is 65.7 Å². The Morgan fingerprint density at radius 1 is 1.21 bits per heavy atom. The van der Waals surface area contributed by atoms with Crippen molar-refractivity contribution in [3.63, 3.8) is 0 Å². The highest BCUT2D eigenvalue weighted by Gasteiger charge is 2.36. The molecule has 0 unspecified atom stereocenters. The standard InChI is InChI=1S/C19H29N3O2/c1-15-4-6-16(7-5-15)12-20-19(24)8-11-21-13-17(18(23)14-21)22-9-2-3-10-22/h4-7,17-18,23H,2-3,8-14H2,1H3,(H,20,24)/t17-,18-/m0/s1. The molecule has 5 nitrogen and oxygen atoms in total. The zero-order valence-corrected chi connectivity index (χ0v) is 14.6. The van der Waals surface area contributed by atoms with E-state index in [-0.39, 0.29) is 18.1 Å². The van der Waals surface area contributed by atoms with Gasteiger partial charge in [0.1, 0.15) is 0 Å². The molecule has 0 saturated carbocycles. The largest absolute Gasteiger partial charge is 0.390 e. The van der Waals surface area contributed by atoms with Gasteiger partial charge in [-0.1, -0.05) is 29.8 Å². The predicted molar refractivity (Wildman–Crippen MR) is 94.7 cm³/mol. The van der Waals surface area contributed by atoms with E-state index in [4.69, 9.17) is 0 Å². The lowest BCUT2D eigenvalue weighted by molar-refractivity contribution is -0.121. The van der Waals surface area contributed by atoms with Crippen molar-refractivity contribution in [2.24, 2.45) is 0 Å². The predicted octanol–water partition coefficient (Wildman–Crippen LogP) is 1.14. The van der Waals surface area contributed by atoms with Crippen molar-refractivity contribution in [3.05, 3.63) is 35.4 Å². The fourth-order valence-corrected chi connectivity index (χ4v) is 3.72. The van der Waals surface area contributed by atoms with Crippen LogP contribution in [0.3, 0.4) is 0 Å². The topological polar surface area (TPSA) is 55.8 Å². The van der Waals surface area contributed by atoms with Gasteiger partial charge in [-0.05, 0) is 38.4 Å². The molecule has 24 heavy (non-hydrogen) atoms. The number of aryl methyl sites for hydroxylation is 1. The van der Waals surface area contributed by atoms with Crippen molar-refractivity contribution in [1.82, 2.24) is 15.1 Å². The average molecular weight is 331 g/mol. The van der Waals surface area contributed by atoms with Crippen LogP contribution < -0.4 is 5.32 Å². The first kappa shape index (κ1) is 17.4. The monoisotopic (exact) mass is 331 g/mol. The zero-order valence-electron chi connectivity index (χ0n) is 14.6. The quantitative estimate of drug-likeness (QED) is 0.821. The van der Waals surface area contributed by atoms with Gasteiger partial charge < -0.3 is 10.4 Å². The molecule has 0 aromatic heterocycles. The third-order valence-electron chi connectivity index (χ3n) is 5.21. The molecule has 2 heterocycles. The van der Waals surface area contributed by atoms with E-state index in [1.54, 1.807) is 0 Å². The van der Waals surface area contributed by atoms with E-state index in [0.29, 0.717) is 19.5 Å². The Morgan fingerprint density at radius 3 is 2.62 bits per heavy atom. The number of benzene rings is 1. The number of β-amino-alcohol motifs (C(OH)–C–C–N with tert-alkyl or cyclic N) is 1. The number of carbonyl (C=O) groups excluding carboxylic acids is 1. The number of nitrogens with one attached hydrogen (secondary N) is 1. The van der Waals surface area contributed by atoms with Crippen molar-refractivity contribution < 1.29 is 9.90 Å². The molecule has 132 valence electrons. The van der Waals surface area contributed by atoms with Crippen LogP contribution in [0.1, 0.15) is 30.4 Å². The summed E-state index contributed by atoms with van der Waals surface area (Å²) in [6, 6.07) is 8.47. The SMILES string of the molecule is Cc1ccc(CNC(=O)CCN2C[C@H](O)[C@@H](N3CCCC3)C2)cc1. The third-order valence-corrected chi connectivity index (χ3v) is 5.21. The minimum absolute atomic E-state index is 0.0784. The van der Waals surface area contributed by atoms with E-state index in [9.17, 15) is 9.90 Å². The number of hydrogen-bond donors (Lipinski definition) is 2. The zero-order chi connectivity index (χ0) is 16.9. The van der Waals surface area contributed by atoms with E-state index in [0.717, 1.165) is 31.7 Å². The van der Waals surface area contributed by atoms with Gasteiger partial charge in [-0.3, -0.25) is 14.6 Å². The van der Waals surface area contributed by atoms with Crippen LogP contribution in [-0.2, 0) is 11.3 Å². The Bertz CT molecular complexity index is 540. The summed E-state index contributed by atoms with van der Waals surface area (Å²) in [5.41, 5.74) is 2.35. The Morgan fingerprint density at radius 2 is 1.92 bits per heavy atom. The lowest BCUT2D eigenvalue weighted by Gasteiger charge is -2.25. The number of hydrogen-bond acceptors (Lipinski definition) is 4. The lowest BCUT2D eigenvalue weighted by atomic mass is 10.1. The van der Waals surface area contributed by atoms with Gasteiger partial charge in [-0.25, -0.2) is 0 Å². The van der Waals surface area contributed by atoms with E-state index in [2.05, 4.69) is 34.2 Å². The highest BCUT2D eigenvalue weighted by Crippen LogP contribution is 2.21. The van der Waals surface area contributed by atoms with Crippen molar-refractivity contribution in [1.29, 1.82) is 0 Å². The molecule has 2 aliphatic rings. The van der Waals surface area contributed by atoms with Gasteiger partial charge in [0.05, 0.1) is 6.10 Å². The number of nitrogens with zero attached hydrogens (tertiary/aromatic N) is 2. The highest BCUT2D eigenvalue weighted by atomic mass is 16.3. The molecule has 2 aliphatic heterocycles. The van der Waals surface area contributed by atoms with Crippen molar-refractivity contribution in [2.45, 2.75) is 44.9 Å². The molecule has 5 heteroatoms. The average Bonchev–Trinajstić information content (AvgIpc) is 3.21. The Kier molecular flexibility index (Phi) is 5.87. The number of rotatable bonds is 6. The minimum atomic E-state index is -0.279. The highest BCUT2D eigenvalue weighted by molar-refractivity contribution is 5.76. The van der Waals surface area contributed by atoms with Gasteiger partial charge in [0.2, 0.25) is 5.91 Å². The molecule has 2 atom stereocenters. The molecule has 0 spiro atoms. The molecule has 2 N–H and O–H groups in total. The molecule has 3 rings (SSSR count). The van der Waals surface area contributed by atoms with Crippen molar-refractivity contribution in [3.8, 4) is 0 Å². The summed E-state index contributed by atoms with van der Waals surface area (Å²) in [4.78, 5) is 16.7. The first-order chi connectivity index (χ1) is 11.6. The van der Waals surface area contributed by atoms with Crippen LogP contribution >= 0.6 is 0 Å². The molecule has 0 aliphatic carbocycles. The van der Waals surface area contributed by atoms with E-state index in [1.165, 1.54) is 18.4 Å². The number of amides is 1. The summed E-state index contributed by atoms with van der Waals surface area (Å²) in [5.74, 6) is 0.0784. The lowest BCUT2D eigenvalue weighted by Crippen LogP contribution is -2.41. The van der Waals surface area contributed by atoms with Crippen LogP contribution in [0.15, 0.2) is 24.3 Å². The van der Waals surface area contributed by atoms with Gasteiger partial charge in [-0.2, -0.15) is 0 Å². The number of likely N-dealkylation sites (tertiary alicyclic amines) is 2. The minimum Gasteiger partial charge on any atom is -0.390 e. The molecule has 1 aromatic carbocycles. The molecule has 1 amide bonds. The van der Waals surface area contributed by atoms with E-state index >= 15 is 0 Å². The van der Waals surface area contributed by atoms with Gasteiger partial charge in [0, 0.05) is 38.6 Å². The molecule has 2 saturated heterocycles. The third kappa shape index (κ3) is 4.56. The van der Waals surface area contributed by atoms with E-state index < -0.39 is 0 Å². The Labute approximate surface area is 144 Å². The molecule has 0 radical (unpaired) electrons. The summed E-state index contributed by atoms with van der Waals surface area (Å²) in [5, 5.41) is 13.3. The molecule has 0 bridgehead atoms. The second kappa shape index (κ2) is 8.10. The summed E-state index contributed by atoms with van der Waals surface area (Å²) in [6.07, 6.45) is 2.69. The molecule has 1 aromatic rings. The number of carbonyl (C=O) groups is 1. The van der Waals surface area contributed by atoms with Gasteiger partial charge in [0.15, 0.2) is 0 Å². The second-order valence-electron chi connectivity index (χ2n) is 7.15. The maximum absolute atomic E-state index is 12.0. The van der Waals surface area contributed by atoms with Gasteiger partial charge >= 0.3 is 0 Å². The van der Waals surface area contributed by atoms with Crippen LogP contribution in [0.2, 0.25) is 0 Å². The fraction of sp³-hybridized carbons (Fsp3) is 0.632. The maximum Gasteiger partial charge on any atom is 0.221 e.